The van der Waals surface area contributed by atoms with Crippen molar-refractivity contribution < 1.29 is 8.63 Å². The van der Waals surface area contributed by atoms with Crippen molar-refractivity contribution in [2.45, 2.75) is 54.7 Å². The van der Waals surface area contributed by atoms with Crippen molar-refractivity contribution in [3.63, 3.8) is 0 Å². The number of fused-ring (bicyclic) bond motifs is 1. The Morgan fingerprint density at radius 1 is 1.19 bits per heavy atom. The Labute approximate surface area is 199 Å². The molecule has 3 aromatic rings. The fourth-order valence-electron chi connectivity index (χ4n) is 4.13. The van der Waals surface area contributed by atoms with Gasteiger partial charge in [-0.15, -0.1) is 0 Å². The lowest BCUT2D eigenvalue weighted by Gasteiger charge is -2.23. The van der Waals surface area contributed by atoms with Gasteiger partial charge in [0.2, 0.25) is 5.76 Å². The van der Waals surface area contributed by atoms with Crippen molar-refractivity contribution in [1.82, 2.24) is 10.3 Å². The molecular formula is C24H27BrN4O2S. The molecule has 5 rings (SSSR count). The van der Waals surface area contributed by atoms with E-state index in [-0.39, 0.29) is 0 Å². The average Bonchev–Trinajstić information content (AvgIpc) is 3.53. The van der Waals surface area contributed by atoms with Gasteiger partial charge in [-0.05, 0) is 53.9 Å². The number of halogens is 1. The van der Waals surface area contributed by atoms with Gasteiger partial charge in [0.25, 0.3) is 0 Å². The Hall–Kier alpha value is -2.21. The number of nitrogens with one attached hydrogen (secondary N) is 2. The van der Waals surface area contributed by atoms with Crippen LogP contribution in [0.4, 0.5) is 5.82 Å². The predicted molar refractivity (Wildman–Crippen MR) is 131 cm³/mol. The smallest absolute Gasteiger partial charge is 0.204 e. The minimum absolute atomic E-state index is 0.308. The van der Waals surface area contributed by atoms with Crippen LogP contribution >= 0.6 is 15.9 Å². The highest BCUT2D eigenvalue weighted by Gasteiger charge is 2.21. The first-order valence-electron chi connectivity index (χ1n) is 11.1. The second kappa shape index (κ2) is 11.1. The number of anilines is 1. The van der Waals surface area contributed by atoms with E-state index in [0.29, 0.717) is 22.6 Å². The first-order valence-corrected chi connectivity index (χ1v) is 13.1. The first-order chi connectivity index (χ1) is 15.7. The van der Waals surface area contributed by atoms with Crippen LogP contribution in [0.25, 0.3) is 11.0 Å². The summed E-state index contributed by atoms with van der Waals surface area (Å²) in [4.78, 5) is 5.34. The van der Waals surface area contributed by atoms with E-state index in [1.165, 1.54) is 32.1 Å². The number of nitriles is 1. The molecule has 0 radical (unpaired) electrons. The maximum atomic E-state index is 11.9. The third-order valence-corrected chi connectivity index (χ3v) is 8.41. The van der Waals surface area contributed by atoms with Gasteiger partial charge < -0.3 is 15.1 Å². The van der Waals surface area contributed by atoms with Gasteiger partial charge in [0.1, 0.15) is 11.9 Å². The summed E-state index contributed by atoms with van der Waals surface area (Å²) in [6, 6.07) is 14.0. The minimum atomic E-state index is -0.821. The highest BCUT2D eigenvalue weighted by Crippen LogP contribution is 2.33. The number of furan rings is 1. The molecule has 2 aromatic heterocycles. The molecule has 1 aliphatic heterocycles. The fraction of sp³-hybridized carbons (Fsp3) is 0.417. The van der Waals surface area contributed by atoms with Crippen LogP contribution in [0.2, 0.25) is 0 Å². The van der Waals surface area contributed by atoms with Crippen LogP contribution in [0.5, 0.6) is 0 Å². The Bertz CT molecular complexity index is 1100. The Balaban J connectivity index is 0.000000165. The molecule has 2 N–H and O–H groups in total. The van der Waals surface area contributed by atoms with Crippen LogP contribution in [0.1, 0.15) is 44.3 Å². The van der Waals surface area contributed by atoms with Gasteiger partial charge in [0.05, 0.1) is 26.7 Å². The quantitative estimate of drug-likeness (QED) is 0.486. The monoisotopic (exact) mass is 514 g/mol. The highest BCUT2D eigenvalue weighted by atomic mass is 79.9. The van der Waals surface area contributed by atoms with Crippen molar-refractivity contribution in [2.75, 3.05) is 18.4 Å². The average molecular weight is 515 g/mol. The van der Waals surface area contributed by atoms with E-state index in [1.54, 1.807) is 12.3 Å². The highest BCUT2D eigenvalue weighted by molar-refractivity contribution is 9.10. The summed E-state index contributed by atoms with van der Waals surface area (Å²) in [5, 5.41) is 16.8. The van der Waals surface area contributed by atoms with Crippen molar-refractivity contribution in [3.05, 3.63) is 52.8 Å². The van der Waals surface area contributed by atoms with Gasteiger partial charge in [0, 0.05) is 28.9 Å². The lowest BCUT2D eigenvalue weighted by molar-refractivity contribution is 0.461. The lowest BCUT2D eigenvalue weighted by atomic mass is 9.95. The van der Waals surface area contributed by atoms with Crippen LogP contribution < -0.4 is 10.6 Å². The molecule has 2 aliphatic rings. The number of nitrogens with zero attached hydrogens (tertiary/aromatic N) is 2. The summed E-state index contributed by atoms with van der Waals surface area (Å²) in [5.74, 6) is 1.15. The first kappa shape index (κ1) is 23.0. The molecule has 0 amide bonds. The van der Waals surface area contributed by atoms with Crippen molar-refractivity contribution >= 4 is 43.5 Å². The lowest BCUT2D eigenvalue weighted by Crippen LogP contribution is -2.23. The van der Waals surface area contributed by atoms with Crippen molar-refractivity contribution in [2.24, 2.45) is 0 Å². The molecule has 2 atom stereocenters. The van der Waals surface area contributed by atoms with Crippen molar-refractivity contribution in [3.8, 4) is 6.07 Å². The molecule has 1 aromatic carbocycles. The van der Waals surface area contributed by atoms with E-state index in [9.17, 15) is 4.21 Å². The van der Waals surface area contributed by atoms with Crippen LogP contribution in [-0.2, 0) is 10.8 Å². The fourth-order valence-corrected chi connectivity index (χ4v) is 6.07. The molecule has 0 bridgehead atoms. The zero-order valence-electron chi connectivity index (χ0n) is 17.9. The Morgan fingerprint density at radius 3 is 2.66 bits per heavy atom. The summed E-state index contributed by atoms with van der Waals surface area (Å²) < 4.78 is 18.2. The minimum Gasteiger partial charge on any atom is -0.444 e. The van der Waals surface area contributed by atoms with E-state index in [1.807, 2.05) is 36.4 Å². The summed E-state index contributed by atoms with van der Waals surface area (Å²) in [6.45, 7) is 1.89. The summed E-state index contributed by atoms with van der Waals surface area (Å²) in [6.07, 6.45) is 8.98. The Kier molecular flexibility index (Phi) is 7.95. The number of aromatic nitrogens is 1. The predicted octanol–water partition coefficient (Wildman–Crippen LogP) is 5.36. The van der Waals surface area contributed by atoms with Gasteiger partial charge in [-0.1, -0.05) is 37.5 Å². The molecular weight excluding hydrogens is 488 g/mol. The van der Waals surface area contributed by atoms with Crippen LogP contribution in [-0.4, -0.2) is 33.6 Å². The summed E-state index contributed by atoms with van der Waals surface area (Å²) in [5.41, 5.74) is 0.637. The van der Waals surface area contributed by atoms with Gasteiger partial charge in [0.15, 0.2) is 5.58 Å². The van der Waals surface area contributed by atoms with E-state index in [4.69, 9.17) is 9.68 Å². The maximum absolute atomic E-state index is 11.9. The van der Waals surface area contributed by atoms with E-state index < -0.39 is 10.8 Å². The van der Waals surface area contributed by atoms with Gasteiger partial charge in [-0.2, -0.15) is 5.26 Å². The molecule has 3 heterocycles. The number of rotatable bonds is 4. The third kappa shape index (κ3) is 5.58. The molecule has 1 saturated carbocycles. The molecule has 1 saturated heterocycles. The topological polar surface area (TPSA) is 91.0 Å². The third-order valence-electron chi connectivity index (χ3n) is 5.87. The number of hydrogen-bond acceptors (Lipinski definition) is 6. The number of pyridine rings is 1. The van der Waals surface area contributed by atoms with Gasteiger partial charge in [-0.25, -0.2) is 4.98 Å². The number of hydrogen-bond donors (Lipinski definition) is 2. The summed E-state index contributed by atoms with van der Waals surface area (Å²) in [7, 11) is -0.821. The van der Waals surface area contributed by atoms with Crippen molar-refractivity contribution in [1.29, 1.82) is 5.26 Å². The molecule has 2 fully saturated rings. The standard InChI is InChI=1S/C14H14BrN3O.C10H13NOS/c15-13-11-6-10(7-16)19-12(11)8-17-14(13)18-9-4-2-1-3-5-9;12-13(10-6-7-11-8-10)9-4-2-1-3-5-9/h6,8-9H,1-5H2,(H,17,18);1-5,10-11H,6-8H2. The second-order valence-corrected chi connectivity index (χ2v) is 10.7. The van der Waals surface area contributed by atoms with Crippen LogP contribution in [0.3, 0.4) is 0 Å². The molecule has 1 aliphatic carbocycles. The molecule has 168 valence electrons. The normalized spacial score (nSPS) is 19.7. The SMILES string of the molecule is N#Cc1cc2c(Br)c(NC3CCCCC3)ncc2o1.O=S(c1ccccc1)C1CCNC1. The van der Waals surface area contributed by atoms with E-state index >= 15 is 0 Å². The van der Waals surface area contributed by atoms with E-state index in [2.05, 4.69) is 31.5 Å². The van der Waals surface area contributed by atoms with Crippen LogP contribution in [0.15, 0.2) is 56.4 Å². The number of benzene rings is 1. The zero-order valence-corrected chi connectivity index (χ0v) is 20.3. The maximum Gasteiger partial charge on any atom is 0.204 e. The van der Waals surface area contributed by atoms with Gasteiger partial charge in [-0.3, -0.25) is 4.21 Å². The molecule has 32 heavy (non-hydrogen) atoms. The zero-order chi connectivity index (χ0) is 22.3. The summed E-state index contributed by atoms with van der Waals surface area (Å²) >= 11 is 3.56. The Morgan fingerprint density at radius 2 is 1.97 bits per heavy atom. The largest absolute Gasteiger partial charge is 0.444 e. The van der Waals surface area contributed by atoms with E-state index in [0.717, 1.165) is 40.1 Å². The van der Waals surface area contributed by atoms with Gasteiger partial charge >= 0.3 is 0 Å². The molecule has 2 unspecified atom stereocenters. The molecule has 8 heteroatoms. The van der Waals surface area contributed by atoms with Crippen LogP contribution in [0, 0.1) is 11.3 Å². The second-order valence-electron chi connectivity index (χ2n) is 8.13. The molecule has 0 spiro atoms. The molecule has 6 nitrogen and oxygen atoms in total.